The monoisotopic (exact) mass is 343 g/mol. The van der Waals surface area contributed by atoms with Gasteiger partial charge in [-0.1, -0.05) is 18.2 Å². The van der Waals surface area contributed by atoms with Gasteiger partial charge in [0.15, 0.2) is 0 Å². The van der Waals surface area contributed by atoms with Crippen LogP contribution in [-0.4, -0.2) is 55.2 Å². The third-order valence-corrected chi connectivity index (χ3v) is 4.53. The summed E-state index contributed by atoms with van der Waals surface area (Å²) >= 11 is 1.52. The molecule has 0 atom stereocenters. The highest BCUT2D eigenvalue weighted by atomic mass is 32.1. The van der Waals surface area contributed by atoms with Crippen molar-refractivity contribution < 1.29 is 9.53 Å². The molecule has 1 amide bonds. The van der Waals surface area contributed by atoms with E-state index >= 15 is 0 Å². The Kier molecular flexibility index (Phi) is 6.12. The van der Waals surface area contributed by atoms with Gasteiger partial charge in [-0.3, -0.25) is 9.69 Å². The van der Waals surface area contributed by atoms with Crippen molar-refractivity contribution in [2.45, 2.75) is 0 Å². The molecule has 5 nitrogen and oxygen atoms in total. The average Bonchev–Trinajstić information content (AvgIpc) is 3.15. The van der Waals surface area contributed by atoms with Gasteiger partial charge in [-0.2, -0.15) is 0 Å². The summed E-state index contributed by atoms with van der Waals surface area (Å²) < 4.78 is 5.38. The van der Waals surface area contributed by atoms with E-state index in [0.29, 0.717) is 6.54 Å². The number of hydrogen-bond donors (Lipinski definition) is 0. The summed E-state index contributed by atoms with van der Waals surface area (Å²) in [4.78, 5) is 21.0. The normalized spacial score (nSPS) is 15.7. The number of nitrogens with zero attached hydrogens (tertiary/aromatic N) is 3. The summed E-state index contributed by atoms with van der Waals surface area (Å²) in [5.74, 6) is -0.0255. The maximum atomic E-state index is 12.7. The SMILES string of the molecule is O=C(/C=C\c1cscn1)N(CCN1CCOCC1)c1ccccc1. The van der Waals surface area contributed by atoms with E-state index in [0.717, 1.165) is 44.2 Å². The number of morpholine rings is 1. The van der Waals surface area contributed by atoms with Crippen LogP contribution in [0, 0.1) is 0 Å². The van der Waals surface area contributed by atoms with E-state index in [4.69, 9.17) is 4.74 Å². The molecule has 1 aliphatic heterocycles. The number of anilines is 1. The minimum absolute atomic E-state index is 0.0255. The number of para-hydroxylation sites is 1. The van der Waals surface area contributed by atoms with Gasteiger partial charge >= 0.3 is 0 Å². The Bertz CT molecular complexity index is 652. The van der Waals surface area contributed by atoms with Gasteiger partial charge in [-0.15, -0.1) is 11.3 Å². The molecule has 1 fully saturated rings. The number of benzene rings is 1. The van der Waals surface area contributed by atoms with Crippen LogP contribution in [0.5, 0.6) is 0 Å². The lowest BCUT2D eigenvalue weighted by Crippen LogP contribution is -2.42. The van der Waals surface area contributed by atoms with Crippen molar-refractivity contribution in [2.24, 2.45) is 0 Å². The molecule has 0 spiro atoms. The van der Waals surface area contributed by atoms with Crippen LogP contribution in [0.4, 0.5) is 5.69 Å². The maximum absolute atomic E-state index is 12.7. The highest BCUT2D eigenvalue weighted by molar-refractivity contribution is 7.07. The fourth-order valence-corrected chi connectivity index (χ4v) is 3.11. The molecule has 3 rings (SSSR count). The van der Waals surface area contributed by atoms with E-state index in [1.807, 2.05) is 40.6 Å². The maximum Gasteiger partial charge on any atom is 0.251 e. The molecule has 1 aromatic heterocycles. The second-order valence-corrected chi connectivity index (χ2v) is 6.24. The average molecular weight is 343 g/mol. The van der Waals surface area contributed by atoms with Gasteiger partial charge in [0.2, 0.25) is 0 Å². The predicted octanol–water partition coefficient (Wildman–Crippen LogP) is 2.52. The molecule has 0 bridgehead atoms. The zero-order valence-electron chi connectivity index (χ0n) is 13.5. The standard InChI is InChI=1S/C18H21N3O2S/c22-18(7-6-16-14-24-15-19-16)21(17-4-2-1-3-5-17)9-8-20-10-12-23-13-11-20/h1-7,14-15H,8-13H2/b7-6-. The number of ether oxygens (including phenoxy) is 1. The van der Waals surface area contributed by atoms with Crippen molar-refractivity contribution in [3.8, 4) is 0 Å². The first-order chi connectivity index (χ1) is 11.8. The third-order valence-electron chi connectivity index (χ3n) is 3.93. The lowest BCUT2D eigenvalue weighted by molar-refractivity contribution is -0.114. The van der Waals surface area contributed by atoms with Crippen LogP contribution in [0.2, 0.25) is 0 Å². The molecule has 0 aliphatic carbocycles. The molecule has 0 saturated carbocycles. The van der Waals surface area contributed by atoms with Crippen molar-refractivity contribution in [1.29, 1.82) is 0 Å². The highest BCUT2D eigenvalue weighted by Crippen LogP contribution is 2.15. The summed E-state index contributed by atoms with van der Waals surface area (Å²) in [6.45, 7) is 4.88. The lowest BCUT2D eigenvalue weighted by Gasteiger charge is -2.29. The predicted molar refractivity (Wildman–Crippen MR) is 97.2 cm³/mol. The number of rotatable bonds is 6. The summed E-state index contributed by atoms with van der Waals surface area (Å²) in [6.07, 6.45) is 3.37. The first-order valence-electron chi connectivity index (χ1n) is 8.06. The first-order valence-corrected chi connectivity index (χ1v) is 9.00. The molecular formula is C18H21N3O2S. The van der Waals surface area contributed by atoms with Crippen LogP contribution in [0.15, 0.2) is 47.3 Å². The summed E-state index contributed by atoms with van der Waals surface area (Å²) in [6, 6.07) is 9.80. The van der Waals surface area contributed by atoms with Crippen LogP contribution >= 0.6 is 11.3 Å². The zero-order chi connectivity index (χ0) is 16.6. The Morgan fingerprint density at radius 1 is 1.29 bits per heavy atom. The molecule has 24 heavy (non-hydrogen) atoms. The van der Waals surface area contributed by atoms with Gasteiger partial charge in [0.1, 0.15) is 0 Å². The van der Waals surface area contributed by atoms with Crippen LogP contribution in [0.25, 0.3) is 6.08 Å². The minimum atomic E-state index is -0.0255. The molecule has 6 heteroatoms. The number of hydrogen-bond acceptors (Lipinski definition) is 5. The molecule has 0 unspecified atom stereocenters. The van der Waals surface area contributed by atoms with Gasteiger partial charge in [-0.25, -0.2) is 4.98 Å². The highest BCUT2D eigenvalue weighted by Gasteiger charge is 2.16. The number of amides is 1. The molecular weight excluding hydrogens is 322 g/mol. The van der Waals surface area contributed by atoms with Crippen molar-refractivity contribution in [3.63, 3.8) is 0 Å². The van der Waals surface area contributed by atoms with Gasteiger partial charge in [-0.05, 0) is 18.2 Å². The first kappa shape index (κ1) is 16.8. The molecule has 0 radical (unpaired) electrons. The van der Waals surface area contributed by atoms with E-state index in [-0.39, 0.29) is 5.91 Å². The molecule has 1 saturated heterocycles. The largest absolute Gasteiger partial charge is 0.379 e. The van der Waals surface area contributed by atoms with Crippen molar-refractivity contribution >= 4 is 29.0 Å². The summed E-state index contributed by atoms with van der Waals surface area (Å²) in [5.41, 5.74) is 3.49. The van der Waals surface area contributed by atoms with Crippen LogP contribution in [-0.2, 0) is 9.53 Å². The molecule has 1 aliphatic rings. The smallest absolute Gasteiger partial charge is 0.251 e. The zero-order valence-corrected chi connectivity index (χ0v) is 14.3. The van der Waals surface area contributed by atoms with Crippen molar-refractivity contribution in [2.75, 3.05) is 44.3 Å². The fraction of sp³-hybridized carbons (Fsp3) is 0.333. The van der Waals surface area contributed by atoms with Gasteiger partial charge in [0.25, 0.3) is 5.91 Å². The molecule has 126 valence electrons. The van der Waals surface area contributed by atoms with E-state index in [1.165, 1.54) is 11.3 Å². The summed E-state index contributed by atoms with van der Waals surface area (Å²) in [5, 5.41) is 1.92. The lowest BCUT2D eigenvalue weighted by atomic mass is 10.2. The quantitative estimate of drug-likeness (QED) is 0.756. The topological polar surface area (TPSA) is 45.7 Å². The Hall–Kier alpha value is -2.02. The Balaban J connectivity index is 1.68. The number of carbonyl (C=O) groups is 1. The second kappa shape index (κ2) is 8.73. The minimum Gasteiger partial charge on any atom is -0.379 e. The van der Waals surface area contributed by atoms with E-state index in [1.54, 1.807) is 17.7 Å². The van der Waals surface area contributed by atoms with Crippen molar-refractivity contribution in [1.82, 2.24) is 9.88 Å². The fourth-order valence-electron chi connectivity index (χ4n) is 2.59. The van der Waals surface area contributed by atoms with Gasteiger partial charge in [0, 0.05) is 43.3 Å². The van der Waals surface area contributed by atoms with Crippen LogP contribution in [0.1, 0.15) is 5.69 Å². The van der Waals surface area contributed by atoms with Crippen LogP contribution in [0.3, 0.4) is 0 Å². The van der Waals surface area contributed by atoms with Crippen LogP contribution < -0.4 is 4.90 Å². The summed E-state index contributed by atoms with van der Waals surface area (Å²) in [7, 11) is 0. The van der Waals surface area contributed by atoms with E-state index < -0.39 is 0 Å². The Morgan fingerprint density at radius 3 is 2.79 bits per heavy atom. The van der Waals surface area contributed by atoms with E-state index in [9.17, 15) is 4.79 Å². The van der Waals surface area contributed by atoms with Crippen molar-refractivity contribution in [3.05, 3.63) is 53.0 Å². The molecule has 1 aromatic carbocycles. The number of thiazole rings is 1. The molecule has 0 N–H and O–H groups in total. The Labute approximate surface area is 146 Å². The van der Waals surface area contributed by atoms with Gasteiger partial charge < -0.3 is 9.64 Å². The van der Waals surface area contributed by atoms with Gasteiger partial charge in [0.05, 0.1) is 24.4 Å². The number of carbonyl (C=O) groups excluding carboxylic acids is 1. The van der Waals surface area contributed by atoms with E-state index in [2.05, 4.69) is 9.88 Å². The molecule has 2 heterocycles. The molecule has 2 aromatic rings. The second-order valence-electron chi connectivity index (χ2n) is 5.53. The third kappa shape index (κ3) is 4.74. The Morgan fingerprint density at radius 2 is 2.08 bits per heavy atom. The number of aromatic nitrogens is 1.